The van der Waals surface area contributed by atoms with Gasteiger partial charge in [-0.2, -0.15) is 0 Å². The largest absolute Gasteiger partial charge is 0.488 e. The van der Waals surface area contributed by atoms with E-state index in [1.54, 1.807) is 54.6 Å². The minimum absolute atomic E-state index is 0.195. The van der Waals surface area contributed by atoms with E-state index in [1.165, 1.54) is 12.1 Å². The second-order valence-corrected chi connectivity index (χ2v) is 6.48. The van der Waals surface area contributed by atoms with Crippen LogP contribution in [0.2, 0.25) is 0 Å². The zero-order valence-corrected chi connectivity index (χ0v) is 15.7. The third kappa shape index (κ3) is 5.65. The minimum atomic E-state index is -0.560. The van der Waals surface area contributed by atoms with Gasteiger partial charge in [0, 0.05) is 12.1 Å². The van der Waals surface area contributed by atoms with Crippen molar-refractivity contribution < 1.29 is 18.7 Å². The quantitative estimate of drug-likeness (QED) is 0.616. The first-order valence-corrected chi connectivity index (χ1v) is 9.16. The number of amides is 2. The zero-order chi connectivity index (χ0) is 20.6. The number of para-hydroxylation sites is 1. The number of halogens is 1. The molecule has 0 aromatic heterocycles. The highest BCUT2D eigenvalue weighted by molar-refractivity contribution is 5.95. The predicted octanol–water partition coefficient (Wildman–Crippen LogP) is 3.48. The van der Waals surface area contributed by atoms with E-state index in [2.05, 4.69) is 5.32 Å². The van der Waals surface area contributed by atoms with E-state index in [0.29, 0.717) is 29.8 Å². The zero-order valence-electron chi connectivity index (χ0n) is 15.7. The van der Waals surface area contributed by atoms with Gasteiger partial charge in [0.1, 0.15) is 18.2 Å². The van der Waals surface area contributed by atoms with Crippen LogP contribution in [-0.2, 0) is 13.0 Å². The van der Waals surface area contributed by atoms with Crippen LogP contribution in [0.3, 0.4) is 0 Å². The van der Waals surface area contributed by atoms with Crippen molar-refractivity contribution in [3.8, 4) is 5.75 Å². The summed E-state index contributed by atoms with van der Waals surface area (Å²) in [6.45, 7) is 0.637. The van der Waals surface area contributed by atoms with Gasteiger partial charge in [-0.1, -0.05) is 36.4 Å². The van der Waals surface area contributed by atoms with E-state index in [0.717, 1.165) is 11.1 Å². The monoisotopic (exact) mass is 392 g/mol. The summed E-state index contributed by atoms with van der Waals surface area (Å²) < 4.78 is 18.6. The van der Waals surface area contributed by atoms with Gasteiger partial charge in [0.05, 0.1) is 5.56 Å². The molecule has 148 valence electrons. The summed E-state index contributed by atoms with van der Waals surface area (Å²) in [4.78, 5) is 23.9. The van der Waals surface area contributed by atoms with Gasteiger partial charge in [-0.05, 0) is 53.9 Å². The van der Waals surface area contributed by atoms with Crippen molar-refractivity contribution in [2.75, 3.05) is 6.54 Å². The Labute approximate surface area is 168 Å². The van der Waals surface area contributed by atoms with Crippen LogP contribution in [0.5, 0.6) is 5.75 Å². The van der Waals surface area contributed by atoms with Gasteiger partial charge in [0.25, 0.3) is 11.8 Å². The normalized spacial score (nSPS) is 10.4. The summed E-state index contributed by atoms with van der Waals surface area (Å²) in [7, 11) is 0. The van der Waals surface area contributed by atoms with Crippen molar-refractivity contribution in [1.29, 1.82) is 0 Å². The average Bonchev–Trinajstić information content (AvgIpc) is 2.74. The molecule has 29 heavy (non-hydrogen) atoms. The average molecular weight is 392 g/mol. The molecular weight excluding hydrogens is 371 g/mol. The molecule has 0 radical (unpaired) electrons. The standard InChI is InChI=1S/C23H21FN2O3/c24-19-10-8-16(9-11-19)12-13-26-23(28)18-5-3-4-17(14-18)15-29-21-7-2-1-6-20(21)22(25)27/h1-11,14H,12-13,15H2,(H2,25,27)(H,26,28). The van der Waals surface area contributed by atoms with E-state index in [-0.39, 0.29) is 18.3 Å². The molecule has 0 aliphatic rings. The number of benzene rings is 3. The molecule has 0 heterocycles. The highest BCUT2D eigenvalue weighted by Crippen LogP contribution is 2.19. The second kappa shape index (κ2) is 9.50. The molecule has 5 nitrogen and oxygen atoms in total. The van der Waals surface area contributed by atoms with Crippen LogP contribution in [-0.4, -0.2) is 18.4 Å². The summed E-state index contributed by atoms with van der Waals surface area (Å²) in [6.07, 6.45) is 0.610. The number of rotatable bonds is 8. The second-order valence-electron chi connectivity index (χ2n) is 6.48. The van der Waals surface area contributed by atoms with Crippen molar-refractivity contribution in [3.63, 3.8) is 0 Å². The van der Waals surface area contributed by atoms with Gasteiger partial charge in [-0.15, -0.1) is 0 Å². The molecule has 0 fully saturated rings. The van der Waals surface area contributed by atoms with E-state index in [4.69, 9.17) is 10.5 Å². The Kier molecular flexibility index (Phi) is 6.58. The fourth-order valence-corrected chi connectivity index (χ4v) is 2.83. The van der Waals surface area contributed by atoms with Crippen molar-refractivity contribution in [1.82, 2.24) is 5.32 Å². The molecular formula is C23H21FN2O3. The maximum Gasteiger partial charge on any atom is 0.252 e. The Balaban J connectivity index is 1.56. The number of primary amides is 1. The molecule has 0 saturated carbocycles. The van der Waals surface area contributed by atoms with Gasteiger partial charge in [0.15, 0.2) is 0 Å². The molecule has 0 saturated heterocycles. The fourth-order valence-electron chi connectivity index (χ4n) is 2.83. The number of nitrogens with two attached hydrogens (primary N) is 1. The number of carbonyl (C=O) groups is 2. The van der Waals surface area contributed by atoms with Crippen LogP contribution < -0.4 is 15.8 Å². The molecule has 0 spiro atoms. The van der Waals surface area contributed by atoms with Crippen LogP contribution >= 0.6 is 0 Å². The molecule has 0 atom stereocenters. The van der Waals surface area contributed by atoms with E-state index < -0.39 is 5.91 Å². The van der Waals surface area contributed by atoms with Crippen molar-refractivity contribution in [3.05, 3.63) is 101 Å². The number of ether oxygens (including phenoxy) is 1. The van der Waals surface area contributed by atoms with Gasteiger partial charge >= 0.3 is 0 Å². The highest BCUT2D eigenvalue weighted by Gasteiger charge is 2.10. The smallest absolute Gasteiger partial charge is 0.252 e. The Morgan fingerprint density at radius 2 is 1.69 bits per heavy atom. The SMILES string of the molecule is NC(=O)c1ccccc1OCc1cccc(C(=O)NCCc2ccc(F)cc2)c1. The number of hydrogen-bond acceptors (Lipinski definition) is 3. The van der Waals surface area contributed by atoms with Crippen molar-refractivity contribution >= 4 is 11.8 Å². The summed E-state index contributed by atoms with van der Waals surface area (Å²) >= 11 is 0. The number of hydrogen-bond donors (Lipinski definition) is 2. The molecule has 2 amide bonds. The Morgan fingerprint density at radius 3 is 2.45 bits per heavy atom. The van der Waals surface area contributed by atoms with Crippen LogP contribution in [0.15, 0.2) is 72.8 Å². The minimum Gasteiger partial charge on any atom is -0.488 e. The molecule has 0 aliphatic heterocycles. The predicted molar refractivity (Wildman–Crippen MR) is 108 cm³/mol. The van der Waals surface area contributed by atoms with Crippen molar-refractivity contribution in [2.24, 2.45) is 5.73 Å². The number of nitrogens with one attached hydrogen (secondary N) is 1. The third-order valence-electron chi connectivity index (χ3n) is 4.35. The molecule has 0 bridgehead atoms. The maximum absolute atomic E-state index is 12.9. The van der Waals surface area contributed by atoms with E-state index >= 15 is 0 Å². The summed E-state index contributed by atoms with van der Waals surface area (Å²) in [5.41, 5.74) is 7.90. The lowest BCUT2D eigenvalue weighted by Crippen LogP contribution is -2.25. The van der Waals surface area contributed by atoms with Crippen LogP contribution in [0, 0.1) is 5.82 Å². The first kappa shape index (κ1) is 20.1. The lowest BCUT2D eigenvalue weighted by atomic mass is 10.1. The summed E-state index contributed by atoms with van der Waals surface area (Å²) in [6, 6.07) is 20.0. The van der Waals surface area contributed by atoms with Gasteiger partial charge in [0.2, 0.25) is 0 Å². The molecule has 0 unspecified atom stereocenters. The molecule has 3 N–H and O–H groups in total. The topological polar surface area (TPSA) is 81.4 Å². The maximum atomic E-state index is 12.9. The lowest BCUT2D eigenvalue weighted by molar-refractivity contribution is 0.0952. The van der Waals surface area contributed by atoms with Crippen LogP contribution in [0.1, 0.15) is 31.8 Å². The first-order valence-electron chi connectivity index (χ1n) is 9.16. The molecule has 3 rings (SSSR count). The van der Waals surface area contributed by atoms with Crippen LogP contribution in [0.25, 0.3) is 0 Å². The summed E-state index contributed by atoms with van der Waals surface area (Å²) in [5.74, 6) is -0.647. The molecule has 0 aliphatic carbocycles. The Hall–Kier alpha value is -3.67. The lowest BCUT2D eigenvalue weighted by Gasteiger charge is -2.11. The summed E-state index contributed by atoms with van der Waals surface area (Å²) in [5, 5.41) is 2.85. The Bertz CT molecular complexity index is 1000. The van der Waals surface area contributed by atoms with Gasteiger partial charge < -0.3 is 15.8 Å². The molecule has 3 aromatic carbocycles. The molecule has 3 aromatic rings. The number of carbonyl (C=O) groups excluding carboxylic acids is 2. The first-order chi connectivity index (χ1) is 14.0. The van der Waals surface area contributed by atoms with Crippen LogP contribution in [0.4, 0.5) is 4.39 Å². The highest BCUT2D eigenvalue weighted by atomic mass is 19.1. The van der Waals surface area contributed by atoms with Crippen molar-refractivity contribution in [2.45, 2.75) is 13.0 Å². The fraction of sp³-hybridized carbons (Fsp3) is 0.130. The van der Waals surface area contributed by atoms with E-state index in [9.17, 15) is 14.0 Å². The molecule has 6 heteroatoms. The van der Waals surface area contributed by atoms with Gasteiger partial charge in [-0.25, -0.2) is 4.39 Å². The van der Waals surface area contributed by atoms with E-state index in [1.807, 2.05) is 6.07 Å². The van der Waals surface area contributed by atoms with Gasteiger partial charge in [-0.3, -0.25) is 9.59 Å². The Morgan fingerprint density at radius 1 is 0.931 bits per heavy atom. The third-order valence-corrected chi connectivity index (χ3v) is 4.35.